The van der Waals surface area contributed by atoms with Crippen LogP contribution in [0, 0.1) is 10.1 Å². The van der Waals surface area contributed by atoms with E-state index in [4.69, 9.17) is 4.74 Å². The van der Waals surface area contributed by atoms with Gasteiger partial charge in [0.05, 0.1) is 18.2 Å². The molecule has 0 unspecified atom stereocenters. The van der Waals surface area contributed by atoms with Gasteiger partial charge >= 0.3 is 0 Å². The van der Waals surface area contributed by atoms with E-state index in [-0.39, 0.29) is 11.6 Å². The fourth-order valence-electron chi connectivity index (χ4n) is 3.28. The second-order valence-corrected chi connectivity index (χ2v) is 7.02. The van der Waals surface area contributed by atoms with E-state index >= 15 is 0 Å². The Balaban J connectivity index is 1.58. The number of ether oxygens (including phenoxy) is 1. The molecule has 164 valence electrons. The molecular weight excluding hydrogens is 412 g/mol. The van der Waals surface area contributed by atoms with Crippen LogP contribution in [0.3, 0.4) is 0 Å². The molecule has 11 nitrogen and oxygen atoms in total. The van der Waals surface area contributed by atoms with Gasteiger partial charge in [0.2, 0.25) is 17.8 Å². The number of hydrazone groups is 1. The lowest BCUT2D eigenvalue weighted by atomic mass is 10.2. The Bertz CT molecular complexity index is 1120. The third kappa shape index (κ3) is 5.06. The highest BCUT2D eigenvalue weighted by Gasteiger charge is 2.17. The Morgan fingerprint density at radius 1 is 1.09 bits per heavy atom. The van der Waals surface area contributed by atoms with Crippen LogP contribution >= 0.6 is 0 Å². The number of rotatable bonds is 8. The summed E-state index contributed by atoms with van der Waals surface area (Å²) in [5.74, 6) is 1.65. The second kappa shape index (κ2) is 9.69. The summed E-state index contributed by atoms with van der Waals surface area (Å²) in [7, 11) is 1.49. The molecule has 1 aliphatic heterocycles. The highest BCUT2D eigenvalue weighted by molar-refractivity contribution is 5.85. The first-order valence-corrected chi connectivity index (χ1v) is 10.1. The molecular formula is C21H22N8O3. The zero-order valence-corrected chi connectivity index (χ0v) is 17.4. The molecule has 1 aromatic heterocycles. The molecule has 0 bridgehead atoms. The molecule has 0 spiro atoms. The molecule has 2 heterocycles. The number of para-hydroxylation sites is 1. The Morgan fingerprint density at radius 2 is 1.84 bits per heavy atom. The summed E-state index contributed by atoms with van der Waals surface area (Å²) in [5, 5.41) is 18.4. The number of benzene rings is 2. The van der Waals surface area contributed by atoms with Crippen molar-refractivity contribution in [3.63, 3.8) is 0 Å². The molecule has 2 N–H and O–H groups in total. The van der Waals surface area contributed by atoms with Gasteiger partial charge in [-0.05, 0) is 31.0 Å². The van der Waals surface area contributed by atoms with Crippen molar-refractivity contribution in [2.24, 2.45) is 5.10 Å². The van der Waals surface area contributed by atoms with E-state index in [9.17, 15) is 10.1 Å². The molecule has 0 atom stereocenters. The van der Waals surface area contributed by atoms with Crippen LogP contribution in [0.25, 0.3) is 0 Å². The molecule has 1 aliphatic rings. The number of nitro benzene ring substituents is 1. The molecule has 3 aromatic rings. The van der Waals surface area contributed by atoms with Gasteiger partial charge in [-0.1, -0.05) is 18.2 Å². The van der Waals surface area contributed by atoms with Crippen LogP contribution in [0.5, 0.6) is 5.75 Å². The van der Waals surface area contributed by atoms with Crippen LogP contribution in [-0.4, -0.2) is 46.3 Å². The number of nitro groups is 1. The summed E-state index contributed by atoms with van der Waals surface area (Å²) in [4.78, 5) is 26.1. The lowest BCUT2D eigenvalue weighted by molar-refractivity contribution is -0.384. The molecule has 32 heavy (non-hydrogen) atoms. The van der Waals surface area contributed by atoms with Gasteiger partial charge in [-0.3, -0.25) is 10.1 Å². The van der Waals surface area contributed by atoms with Crippen molar-refractivity contribution in [2.75, 3.05) is 35.8 Å². The molecule has 11 heteroatoms. The van der Waals surface area contributed by atoms with E-state index < -0.39 is 4.92 Å². The van der Waals surface area contributed by atoms with Crippen LogP contribution in [0.4, 0.5) is 29.2 Å². The number of hydrogen-bond acceptors (Lipinski definition) is 10. The number of non-ortho nitro benzene ring substituents is 1. The lowest BCUT2D eigenvalue weighted by Gasteiger charge is -2.16. The van der Waals surface area contributed by atoms with Gasteiger partial charge in [0.25, 0.3) is 5.69 Å². The molecule has 1 saturated heterocycles. The first-order valence-electron chi connectivity index (χ1n) is 10.1. The van der Waals surface area contributed by atoms with Gasteiger partial charge in [0, 0.05) is 36.5 Å². The molecule has 0 radical (unpaired) electrons. The monoisotopic (exact) mass is 434 g/mol. The average Bonchev–Trinajstić information content (AvgIpc) is 3.35. The van der Waals surface area contributed by atoms with Crippen molar-refractivity contribution in [1.82, 2.24) is 15.0 Å². The van der Waals surface area contributed by atoms with E-state index in [0.717, 1.165) is 31.6 Å². The van der Waals surface area contributed by atoms with Crippen molar-refractivity contribution in [3.05, 3.63) is 64.2 Å². The van der Waals surface area contributed by atoms with E-state index in [1.807, 2.05) is 30.3 Å². The quantitative estimate of drug-likeness (QED) is 0.310. The SMILES string of the molecule is COc1ccc([N+](=O)[O-])cc1/C=N/Nc1nc(Nc2ccccc2)nc(N2CCCC2)n1. The maximum atomic E-state index is 11.1. The van der Waals surface area contributed by atoms with Crippen LogP contribution < -0.4 is 20.4 Å². The van der Waals surface area contributed by atoms with Gasteiger partial charge in [-0.25, -0.2) is 5.43 Å². The van der Waals surface area contributed by atoms with Gasteiger partial charge in [-0.2, -0.15) is 20.1 Å². The number of hydrogen-bond donors (Lipinski definition) is 2. The van der Waals surface area contributed by atoms with Crippen molar-refractivity contribution < 1.29 is 9.66 Å². The number of methoxy groups -OCH3 is 1. The normalized spacial score (nSPS) is 13.3. The van der Waals surface area contributed by atoms with Crippen molar-refractivity contribution in [3.8, 4) is 5.75 Å². The molecule has 0 amide bonds. The fourth-order valence-corrected chi connectivity index (χ4v) is 3.28. The predicted octanol–water partition coefficient (Wildman–Crippen LogP) is 3.58. The van der Waals surface area contributed by atoms with E-state index in [1.54, 1.807) is 0 Å². The van der Waals surface area contributed by atoms with Crippen LogP contribution in [0.15, 0.2) is 53.6 Å². The van der Waals surface area contributed by atoms with Crippen molar-refractivity contribution in [2.45, 2.75) is 12.8 Å². The van der Waals surface area contributed by atoms with E-state index in [2.05, 4.69) is 35.7 Å². The third-order valence-electron chi connectivity index (χ3n) is 4.83. The van der Waals surface area contributed by atoms with Gasteiger partial charge in [-0.15, -0.1) is 0 Å². The molecule has 0 aliphatic carbocycles. The molecule has 0 saturated carbocycles. The van der Waals surface area contributed by atoms with Gasteiger partial charge in [0.15, 0.2) is 0 Å². The highest BCUT2D eigenvalue weighted by Crippen LogP contribution is 2.23. The largest absolute Gasteiger partial charge is 0.496 e. The zero-order valence-electron chi connectivity index (χ0n) is 17.4. The molecule has 4 rings (SSSR count). The van der Waals surface area contributed by atoms with Gasteiger partial charge < -0.3 is 15.0 Å². The van der Waals surface area contributed by atoms with Crippen LogP contribution in [0.2, 0.25) is 0 Å². The Labute approximate surface area is 184 Å². The summed E-state index contributed by atoms with van der Waals surface area (Å²) >= 11 is 0. The molecule has 1 fully saturated rings. The first kappa shape index (κ1) is 21.0. The standard InChI is InChI=1S/C21H22N8O3/c1-32-18-10-9-17(29(30)31)13-15(18)14-22-27-20-24-19(23-16-7-3-2-4-8-16)25-21(26-20)28-11-5-6-12-28/h2-4,7-10,13-14H,5-6,11-12H2,1H3,(H2,23,24,25,26,27)/b22-14+. The average molecular weight is 434 g/mol. The lowest BCUT2D eigenvalue weighted by Crippen LogP contribution is -2.21. The Morgan fingerprint density at radius 3 is 2.56 bits per heavy atom. The number of aromatic nitrogens is 3. The predicted molar refractivity (Wildman–Crippen MR) is 122 cm³/mol. The summed E-state index contributed by atoms with van der Waals surface area (Å²) in [6.07, 6.45) is 3.59. The fraction of sp³-hybridized carbons (Fsp3) is 0.238. The summed E-state index contributed by atoms with van der Waals surface area (Å²) < 4.78 is 5.26. The van der Waals surface area contributed by atoms with E-state index in [0.29, 0.717) is 23.2 Å². The summed E-state index contributed by atoms with van der Waals surface area (Å²) in [5.41, 5.74) is 4.04. The van der Waals surface area contributed by atoms with Crippen molar-refractivity contribution in [1.29, 1.82) is 0 Å². The second-order valence-electron chi connectivity index (χ2n) is 7.02. The topological polar surface area (TPSA) is 131 Å². The third-order valence-corrected chi connectivity index (χ3v) is 4.83. The maximum Gasteiger partial charge on any atom is 0.270 e. The minimum Gasteiger partial charge on any atom is -0.496 e. The Hall–Kier alpha value is -4.28. The maximum absolute atomic E-state index is 11.1. The van der Waals surface area contributed by atoms with Crippen LogP contribution in [0.1, 0.15) is 18.4 Å². The van der Waals surface area contributed by atoms with Gasteiger partial charge in [0.1, 0.15) is 5.75 Å². The Kier molecular flexibility index (Phi) is 6.35. The smallest absolute Gasteiger partial charge is 0.270 e. The number of anilines is 4. The minimum absolute atomic E-state index is 0.0573. The highest BCUT2D eigenvalue weighted by atomic mass is 16.6. The first-order chi connectivity index (χ1) is 15.6. The zero-order chi connectivity index (χ0) is 22.3. The number of nitrogens with zero attached hydrogens (tertiary/aromatic N) is 6. The minimum atomic E-state index is -0.472. The summed E-state index contributed by atoms with van der Waals surface area (Å²) in [6.45, 7) is 1.75. The van der Waals surface area contributed by atoms with Crippen molar-refractivity contribution >= 4 is 35.4 Å². The van der Waals surface area contributed by atoms with E-state index in [1.165, 1.54) is 31.5 Å². The number of nitrogens with one attached hydrogen (secondary N) is 2. The molecule has 2 aromatic carbocycles. The van der Waals surface area contributed by atoms with Crippen LogP contribution in [-0.2, 0) is 0 Å². The summed E-state index contributed by atoms with van der Waals surface area (Å²) in [6, 6.07) is 13.9.